The minimum Gasteiger partial charge on any atom is -0.352 e. The molecular formula is C12H20N2O. The first kappa shape index (κ1) is 12.0. The highest BCUT2D eigenvalue weighted by atomic mass is 16.2. The molecule has 0 heterocycles. The summed E-state index contributed by atoms with van der Waals surface area (Å²) in [6.07, 6.45) is 5.65. The van der Waals surface area contributed by atoms with E-state index in [4.69, 9.17) is 5.26 Å². The molecule has 1 aliphatic carbocycles. The van der Waals surface area contributed by atoms with E-state index in [0.717, 1.165) is 32.1 Å². The molecule has 1 atom stereocenters. The molecule has 0 radical (unpaired) electrons. The Morgan fingerprint density at radius 2 is 2.13 bits per heavy atom. The van der Waals surface area contributed by atoms with Gasteiger partial charge >= 0.3 is 0 Å². The summed E-state index contributed by atoms with van der Waals surface area (Å²) < 4.78 is 0. The first-order valence-corrected chi connectivity index (χ1v) is 5.82. The number of hydrogen-bond acceptors (Lipinski definition) is 2. The molecule has 0 aromatic carbocycles. The van der Waals surface area contributed by atoms with Crippen molar-refractivity contribution in [2.45, 2.75) is 58.4 Å². The number of amides is 1. The second kappa shape index (κ2) is 5.16. The van der Waals surface area contributed by atoms with Gasteiger partial charge in [-0.2, -0.15) is 5.26 Å². The van der Waals surface area contributed by atoms with Gasteiger partial charge in [-0.15, -0.1) is 0 Å². The second-order valence-corrected chi connectivity index (χ2v) is 4.58. The monoisotopic (exact) mass is 208 g/mol. The SMILES string of the molecule is CCC1(C(=O)NC(C)CC#N)CCCC1. The highest BCUT2D eigenvalue weighted by Gasteiger charge is 2.39. The summed E-state index contributed by atoms with van der Waals surface area (Å²) in [5.74, 6) is 0.158. The van der Waals surface area contributed by atoms with Crippen LogP contribution in [0.2, 0.25) is 0 Å². The summed E-state index contributed by atoms with van der Waals surface area (Å²) in [5.41, 5.74) is -0.135. The van der Waals surface area contributed by atoms with Gasteiger partial charge in [-0.3, -0.25) is 4.79 Å². The molecule has 0 aromatic rings. The molecule has 0 aromatic heterocycles. The van der Waals surface area contributed by atoms with Crippen LogP contribution in [0.5, 0.6) is 0 Å². The Morgan fingerprint density at radius 1 is 1.53 bits per heavy atom. The van der Waals surface area contributed by atoms with E-state index in [0.29, 0.717) is 6.42 Å². The molecular weight excluding hydrogens is 188 g/mol. The minimum atomic E-state index is -0.135. The van der Waals surface area contributed by atoms with Crippen LogP contribution in [-0.4, -0.2) is 11.9 Å². The second-order valence-electron chi connectivity index (χ2n) is 4.58. The molecule has 1 unspecified atom stereocenters. The number of nitriles is 1. The van der Waals surface area contributed by atoms with E-state index in [2.05, 4.69) is 18.3 Å². The number of carbonyl (C=O) groups is 1. The van der Waals surface area contributed by atoms with Gasteiger partial charge in [0.05, 0.1) is 12.5 Å². The van der Waals surface area contributed by atoms with E-state index in [1.165, 1.54) is 0 Å². The molecule has 0 aliphatic heterocycles. The molecule has 0 saturated heterocycles. The fourth-order valence-corrected chi connectivity index (χ4v) is 2.36. The summed E-state index contributed by atoms with van der Waals surface area (Å²) in [4.78, 5) is 12.1. The average molecular weight is 208 g/mol. The van der Waals surface area contributed by atoms with Crippen molar-refractivity contribution in [2.24, 2.45) is 5.41 Å². The van der Waals surface area contributed by atoms with Gasteiger partial charge < -0.3 is 5.32 Å². The van der Waals surface area contributed by atoms with Gasteiger partial charge in [0, 0.05) is 11.5 Å². The molecule has 3 nitrogen and oxygen atoms in total. The van der Waals surface area contributed by atoms with Crippen LogP contribution in [0.3, 0.4) is 0 Å². The number of hydrogen-bond donors (Lipinski definition) is 1. The summed E-state index contributed by atoms with van der Waals surface area (Å²) in [6.45, 7) is 3.97. The highest BCUT2D eigenvalue weighted by Crippen LogP contribution is 2.41. The van der Waals surface area contributed by atoms with E-state index < -0.39 is 0 Å². The van der Waals surface area contributed by atoms with Gasteiger partial charge in [0.1, 0.15) is 0 Å². The molecule has 3 heteroatoms. The Labute approximate surface area is 91.9 Å². The molecule has 1 N–H and O–H groups in total. The van der Waals surface area contributed by atoms with E-state index in [1.54, 1.807) is 0 Å². The quantitative estimate of drug-likeness (QED) is 0.771. The van der Waals surface area contributed by atoms with Crippen molar-refractivity contribution in [3.8, 4) is 6.07 Å². The van der Waals surface area contributed by atoms with Gasteiger partial charge in [-0.1, -0.05) is 19.8 Å². The van der Waals surface area contributed by atoms with Crippen molar-refractivity contribution in [2.75, 3.05) is 0 Å². The Balaban J connectivity index is 2.55. The molecule has 1 rings (SSSR count). The molecule has 1 saturated carbocycles. The normalized spacial score (nSPS) is 20.6. The van der Waals surface area contributed by atoms with Crippen LogP contribution in [0.1, 0.15) is 52.4 Å². The predicted molar refractivity (Wildman–Crippen MR) is 59.0 cm³/mol. The Kier molecular flexibility index (Phi) is 4.14. The van der Waals surface area contributed by atoms with Crippen LogP contribution in [-0.2, 0) is 4.79 Å². The Bertz CT molecular complexity index is 261. The average Bonchev–Trinajstić information content (AvgIpc) is 2.67. The van der Waals surface area contributed by atoms with Crippen LogP contribution in [0, 0.1) is 16.7 Å². The molecule has 0 bridgehead atoms. The summed E-state index contributed by atoms with van der Waals surface area (Å²) in [5, 5.41) is 11.5. The first-order valence-electron chi connectivity index (χ1n) is 5.82. The third kappa shape index (κ3) is 2.71. The molecule has 15 heavy (non-hydrogen) atoms. The third-order valence-corrected chi connectivity index (χ3v) is 3.49. The Morgan fingerprint density at radius 3 is 2.60 bits per heavy atom. The van der Waals surface area contributed by atoms with Crippen molar-refractivity contribution in [1.82, 2.24) is 5.32 Å². The lowest BCUT2D eigenvalue weighted by molar-refractivity contribution is -0.131. The highest BCUT2D eigenvalue weighted by molar-refractivity contribution is 5.83. The van der Waals surface area contributed by atoms with Gasteiger partial charge in [-0.25, -0.2) is 0 Å². The van der Waals surface area contributed by atoms with E-state index >= 15 is 0 Å². The molecule has 0 spiro atoms. The summed E-state index contributed by atoms with van der Waals surface area (Å²) in [6, 6.07) is 2.06. The summed E-state index contributed by atoms with van der Waals surface area (Å²) in [7, 11) is 0. The number of nitrogens with one attached hydrogen (secondary N) is 1. The first-order chi connectivity index (χ1) is 7.14. The maximum Gasteiger partial charge on any atom is 0.226 e. The molecule has 1 aliphatic rings. The number of nitrogens with zero attached hydrogens (tertiary/aromatic N) is 1. The topological polar surface area (TPSA) is 52.9 Å². The zero-order valence-corrected chi connectivity index (χ0v) is 9.68. The number of carbonyl (C=O) groups excluding carboxylic acids is 1. The van der Waals surface area contributed by atoms with Crippen molar-refractivity contribution in [1.29, 1.82) is 5.26 Å². The van der Waals surface area contributed by atoms with Crippen LogP contribution in [0.25, 0.3) is 0 Å². The zero-order chi connectivity index (χ0) is 11.3. The lowest BCUT2D eigenvalue weighted by Crippen LogP contribution is -2.43. The molecule has 84 valence electrons. The molecule has 1 fully saturated rings. The van der Waals surface area contributed by atoms with Gasteiger partial charge in [0.25, 0.3) is 0 Å². The van der Waals surface area contributed by atoms with Crippen LogP contribution < -0.4 is 5.32 Å². The minimum absolute atomic E-state index is 0.0217. The standard InChI is InChI=1S/C12H20N2O/c1-3-12(7-4-5-8-12)11(15)14-10(2)6-9-13/h10H,3-8H2,1-2H3,(H,14,15). The largest absolute Gasteiger partial charge is 0.352 e. The third-order valence-electron chi connectivity index (χ3n) is 3.49. The van der Waals surface area contributed by atoms with Gasteiger partial charge in [0.2, 0.25) is 5.91 Å². The van der Waals surface area contributed by atoms with Crippen molar-refractivity contribution < 1.29 is 4.79 Å². The smallest absolute Gasteiger partial charge is 0.226 e. The zero-order valence-electron chi connectivity index (χ0n) is 9.68. The van der Waals surface area contributed by atoms with E-state index in [9.17, 15) is 4.79 Å². The number of rotatable bonds is 4. The maximum absolute atomic E-state index is 12.1. The van der Waals surface area contributed by atoms with Crippen molar-refractivity contribution >= 4 is 5.91 Å². The maximum atomic E-state index is 12.1. The predicted octanol–water partition coefficient (Wildman–Crippen LogP) is 2.38. The van der Waals surface area contributed by atoms with E-state index in [-0.39, 0.29) is 17.4 Å². The van der Waals surface area contributed by atoms with Crippen molar-refractivity contribution in [3.63, 3.8) is 0 Å². The Hall–Kier alpha value is -1.04. The van der Waals surface area contributed by atoms with E-state index in [1.807, 2.05) is 6.92 Å². The van der Waals surface area contributed by atoms with Crippen LogP contribution in [0.4, 0.5) is 0 Å². The van der Waals surface area contributed by atoms with Crippen LogP contribution in [0.15, 0.2) is 0 Å². The fourth-order valence-electron chi connectivity index (χ4n) is 2.36. The lowest BCUT2D eigenvalue weighted by atomic mass is 9.82. The fraction of sp³-hybridized carbons (Fsp3) is 0.833. The van der Waals surface area contributed by atoms with Crippen molar-refractivity contribution in [3.05, 3.63) is 0 Å². The molecule has 1 amide bonds. The van der Waals surface area contributed by atoms with Gasteiger partial charge in [-0.05, 0) is 26.2 Å². The van der Waals surface area contributed by atoms with Gasteiger partial charge in [0.15, 0.2) is 0 Å². The van der Waals surface area contributed by atoms with Crippen LogP contribution >= 0.6 is 0 Å². The summed E-state index contributed by atoms with van der Waals surface area (Å²) >= 11 is 0. The lowest BCUT2D eigenvalue weighted by Gasteiger charge is -2.27.